The zero-order valence-electron chi connectivity index (χ0n) is 8.07. The minimum atomic E-state index is -0.594. The Labute approximate surface area is 81.0 Å². The fraction of sp³-hybridized carbons (Fsp3) is 0.333. The van der Waals surface area contributed by atoms with Gasteiger partial charge in [-0.15, -0.1) is 0 Å². The first kappa shape index (κ1) is 10.3. The van der Waals surface area contributed by atoms with Crippen LogP contribution in [0.15, 0.2) is 12.3 Å². The average Bonchev–Trinajstić information content (AvgIpc) is 2.11. The van der Waals surface area contributed by atoms with Gasteiger partial charge in [-0.2, -0.15) is 4.73 Å². The van der Waals surface area contributed by atoms with Crippen molar-refractivity contribution in [3.63, 3.8) is 0 Å². The summed E-state index contributed by atoms with van der Waals surface area (Å²) in [5, 5.41) is 16.6. The van der Waals surface area contributed by atoms with Crippen LogP contribution in [0.1, 0.15) is 22.8 Å². The van der Waals surface area contributed by atoms with Gasteiger partial charge in [0.2, 0.25) is 0 Å². The van der Waals surface area contributed by atoms with Crippen LogP contribution >= 0.6 is 0 Å². The van der Waals surface area contributed by atoms with Crippen LogP contribution in [-0.2, 0) is 4.74 Å². The third kappa shape index (κ3) is 1.93. The van der Waals surface area contributed by atoms with E-state index in [0.717, 1.165) is 0 Å². The lowest BCUT2D eigenvalue weighted by molar-refractivity contribution is 0.0516. The first-order valence-corrected chi connectivity index (χ1v) is 4.20. The number of carbonyl (C=O) groups excluding carboxylic acids is 1. The Hall–Kier alpha value is -1.78. The Balaban J connectivity index is 3.21. The predicted octanol–water partition coefficient (Wildman–Crippen LogP) is 0.690. The summed E-state index contributed by atoms with van der Waals surface area (Å²) in [6.45, 7) is 3.65. The molecule has 0 saturated heterocycles. The molecule has 0 aromatic carbocycles. The van der Waals surface area contributed by atoms with Crippen LogP contribution in [0.25, 0.3) is 0 Å². The lowest BCUT2D eigenvalue weighted by Gasteiger charge is -2.05. The van der Waals surface area contributed by atoms with E-state index in [1.807, 2.05) is 0 Å². The predicted molar refractivity (Wildman–Crippen MR) is 48.2 cm³/mol. The standard InChI is InChI=1S/C9H12N2O3/c1-3-14-9(12)7-4-6(2)5-11(13)8(7)10/h4-5,10,13H,3H2,1-2H3. The van der Waals surface area contributed by atoms with Crippen LogP contribution in [0.5, 0.6) is 0 Å². The summed E-state index contributed by atoms with van der Waals surface area (Å²) >= 11 is 0. The Kier molecular flexibility index (Phi) is 2.91. The van der Waals surface area contributed by atoms with E-state index in [9.17, 15) is 10.0 Å². The molecule has 0 aliphatic heterocycles. The van der Waals surface area contributed by atoms with E-state index in [0.29, 0.717) is 10.3 Å². The number of rotatable bonds is 2. The zero-order chi connectivity index (χ0) is 10.7. The lowest BCUT2D eigenvalue weighted by atomic mass is 10.2. The Morgan fingerprint density at radius 3 is 2.93 bits per heavy atom. The highest BCUT2D eigenvalue weighted by atomic mass is 16.5. The molecule has 0 bridgehead atoms. The molecule has 76 valence electrons. The van der Waals surface area contributed by atoms with Gasteiger partial charge in [0.1, 0.15) is 5.56 Å². The summed E-state index contributed by atoms with van der Waals surface area (Å²) in [6.07, 6.45) is 1.35. The molecule has 1 aromatic heterocycles. The molecule has 0 aliphatic carbocycles. The number of nitrogens with one attached hydrogen (secondary N) is 1. The second kappa shape index (κ2) is 3.95. The zero-order valence-corrected chi connectivity index (χ0v) is 8.07. The first-order valence-electron chi connectivity index (χ1n) is 4.20. The van der Waals surface area contributed by atoms with Crippen molar-refractivity contribution >= 4 is 5.97 Å². The van der Waals surface area contributed by atoms with Crippen molar-refractivity contribution < 1.29 is 14.7 Å². The highest BCUT2D eigenvalue weighted by molar-refractivity contribution is 5.88. The van der Waals surface area contributed by atoms with E-state index in [1.165, 1.54) is 12.3 Å². The van der Waals surface area contributed by atoms with Gasteiger partial charge in [0.05, 0.1) is 6.61 Å². The molecule has 0 radical (unpaired) electrons. The number of hydrogen-bond acceptors (Lipinski definition) is 4. The van der Waals surface area contributed by atoms with Crippen molar-refractivity contribution in [2.75, 3.05) is 6.61 Å². The molecule has 1 aromatic rings. The van der Waals surface area contributed by atoms with Crippen molar-refractivity contribution in [1.29, 1.82) is 5.41 Å². The number of esters is 1. The summed E-state index contributed by atoms with van der Waals surface area (Å²) in [6, 6.07) is 1.51. The summed E-state index contributed by atoms with van der Waals surface area (Å²) in [4.78, 5) is 11.3. The normalized spacial score (nSPS) is 9.86. The van der Waals surface area contributed by atoms with Gasteiger partial charge in [0.15, 0.2) is 5.49 Å². The molecule has 1 heterocycles. The molecule has 2 N–H and O–H groups in total. The molecule has 0 atom stereocenters. The van der Waals surface area contributed by atoms with E-state index in [-0.39, 0.29) is 17.7 Å². The van der Waals surface area contributed by atoms with Crippen LogP contribution in [-0.4, -0.2) is 22.5 Å². The van der Waals surface area contributed by atoms with Crippen molar-refractivity contribution in [3.05, 3.63) is 28.9 Å². The number of aryl methyl sites for hydroxylation is 1. The van der Waals surface area contributed by atoms with E-state index >= 15 is 0 Å². The van der Waals surface area contributed by atoms with Crippen LogP contribution < -0.4 is 5.49 Å². The molecule has 0 aliphatic rings. The molecule has 0 amide bonds. The largest absolute Gasteiger partial charge is 0.462 e. The summed E-state index contributed by atoms with van der Waals surface area (Å²) in [5.41, 5.74) is 0.481. The van der Waals surface area contributed by atoms with Gasteiger partial charge in [-0.3, -0.25) is 5.41 Å². The third-order valence-corrected chi connectivity index (χ3v) is 1.68. The highest BCUT2D eigenvalue weighted by Gasteiger charge is 2.11. The molecule has 5 nitrogen and oxygen atoms in total. The van der Waals surface area contributed by atoms with Crippen molar-refractivity contribution in [2.24, 2.45) is 0 Å². The molecule has 14 heavy (non-hydrogen) atoms. The van der Waals surface area contributed by atoms with Gasteiger partial charge in [0.25, 0.3) is 0 Å². The fourth-order valence-electron chi connectivity index (χ4n) is 1.08. The van der Waals surface area contributed by atoms with E-state index < -0.39 is 5.97 Å². The average molecular weight is 196 g/mol. The first-order chi connectivity index (χ1) is 6.56. The second-order valence-corrected chi connectivity index (χ2v) is 2.84. The van der Waals surface area contributed by atoms with Gasteiger partial charge in [-0.25, -0.2) is 4.79 Å². The summed E-state index contributed by atoms with van der Waals surface area (Å²) in [5.74, 6) is -0.594. The minimum Gasteiger partial charge on any atom is -0.462 e. The van der Waals surface area contributed by atoms with Gasteiger partial charge in [-0.05, 0) is 25.5 Å². The molecule has 0 spiro atoms. The SMILES string of the molecule is CCOC(=O)c1cc(C)cn(O)c1=N. The molecule has 0 saturated carbocycles. The Morgan fingerprint density at radius 1 is 1.71 bits per heavy atom. The van der Waals surface area contributed by atoms with E-state index in [2.05, 4.69) is 0 Å². The number of aromatic nitrogens is 1. The summed E-state index contributed by atoms with van der Waals surface area (Å²) < 4.78 is 5.33. The van der Waals surface area contributed by atoms with Crippen molar-refractivity contribution in [2.45, 2.75) is 13.8 Å². The maximum atomic E-state index is 11.3. The number of nitrogens with zero attached hydrogens (tertiary/aromatic N) is 1. The topological polar surface area (TPSA) is 75.3 Å². The van der Waals surface area contributed by atoms with Gasteiger partial charge in [0, 0.05) is 6.20 Å². The van der Waals surface area contributed by atoms with Crippen LogP contribution in [0.2, 0.25) is 0 Å². The van der Waals surface area contributed by atoms with Crippen molar-refractivity contribution in [3.8, 4) is 0 Å². The Bertz CT molecular complexity index is 409. The Morgan fingerprint density at radius 2 is 2.36 bits per heavy atom. The third-order valence-electron chi connectivity index (χ3n) is 1.68. The van der Waals surface area contributed by atoms with Crippen LogP contribution in [0.4, 0.5) is 0 Å². The number of carbonyl (C=O) groups is 1. The number of pyridine rings is 1. The van der Waals surface area contributed by atoms with Gasteiger partial charge < -0.3 is 9.94 Å². The van der Waals surface area contributed by atoms with Gasteiger partial charge >= 0.3 is 5.97 Å². The quantitative estimate of drug-likeness (QED) is 0.539. The highest BCUT2D eigenvalue weighted by Crippen LogP contribution is 1.99. The molecule has 0 unspecified atom stereocenters. The molecule has 5 heteroatoms. The maximum absolute atomic E-state index is 11.3. The fourth-order valence-corrected chi connectivity index (χ4v) is 1.08. The minimum absolute atomic E-state index is 0.0642. The van der Waals surface area contributed by atoms with Gasteiger partial charge in [-0.1, -0.05) is 0 Å². The number of ether oxygens (including phenoxy) is 1. The van der Waals surface area contributed by atoms with Crippen LogP contribution in [0, 0.1) is 12.3 Å². The second-order valence-electron chi connectivity index (χ2n) is 2.84. The smallest absolute Gasteiger partial charge is 0.342 e. The molecular formula is C9H12N2O3. The van der Waals surface area contributed by atoms with Crippen molar-refractivity contribution in [1.82, 2.24) is 4.73 Å². The lowest BCUT2D eigenvalue weighted by Crippen LogP contribution is -2.26. The molecule has 1 rings (SSSR count). The number of hydrogen-bond donors (Lipinski definition) is 2. The molecule has 0 fully saturated rings. The maximum Gasteiger partial charge on any atom is 0.342 e. The monoisotopic (exact) mass is 196 g/mol. The van der Waals surface area contributed by atoms with E-state index in [4.69, 9.17) is 10.1 Å². The van der Waals surface area contributed by atoms with Crippen LogP contribution in [0.3, 0.4) is 0 Å². The van der Waals surface area contributed by atoms with E-state index in [1.54, 1.807) is 13.8 Å². The summed E-state index contributed by atoms with van der Waals surface area (Å²) in [7, 11) is 0. The molecular weight excluding hydrogens is 184 g/mol.